The molecule has 6 heteroatoms. The minimum absolute atomic E-state index is 0.319. The van der Waals surface area contributed by atoms with Crippen LogP contribution in [0.4, 0.5) is 5.69 Å². The van der Waals surface area contributed by atoms with Crippen LogP contribution in [0.3, 0.4) is 0 Å². The second kappa shape index (κ2) is 7.87. The Balaban J connectivity index is 1.64. The molecule has 0 spiro atoms. The van der Waals surface area contributed by atoms with Gasteiger partial charge in [-0.3, -0.25) is 0 Å². The van der Waals surface area contributed by atoms with Crippen LogP contribution in [0.2, 0.25) is 5.15 Å². The first kappa shape index (κ1) is 17.0. The molecular formula is C19H24ClN3O2. The molecule has 25 heavy (non-hydrogen) atoms. The molecule has 0 aliphatic carbocycles. The SMILES string of the molecule is Clc1nc2ccccc2c(N2CCOCC2)c1CNCC1CCCO1. The van der Waals surface area contributed by atoms with E-state index >= 15 is 0 Å². The van der Waals surface area contributed by atoms with E-state index in [2.05, 4.69) is 27.3 Å². The molecule has 0 amide bonds. The third kappa shape index (κ3) is 3.75. The fraction of sp³-hybridized carbons (Fsp3) is 0.526. The van der Waals surface area contributed by atoms with Crippen LogP contribution in [0.5, 0.6) is 0 Å². The van der Waals surface area contributed by atoms with Crippen LogP contribution in [0.15, 0.2) is 24.3 Å². The van der Waals surface area contributed by atoms with Crippen LogP contribution in [0.1, 0.15) is 18.4 Å². The number of nitrogens with zero attached hydrogens (tertiary/aromatic N) is 2. The molecule has 2 fully saturated rings. The number of hydrogen-bond acceptors (Lipinski definition) is 5. The second-order valence-electron chi connectivity index (χ2n) is 6.61. The highest BCUT2D eigenvalue weighted by atomic mass is 35.5. The van der Waals surface area contributed by atoms with Crippen molar-refractivity contribution < 1.29 is 9.47 Å². The number of ether oxygens (including phenoxy) is 2. The van der Waals surface area contributed by atoms with E-state index < -0.39 is 0 Å². The molecule has 2 aromatic rings. The van der Waals surface area contributed by atoms with E-state index in [-0.39, 0.29) is 0 Å². The van der Waals surface area contributed by atoms with Gasteiger partial charge in [0.05, 0.1) is 30.5 Å². The summed E-state index contributed by atoms with van der Waals surface area (Å²) in [5, 5.41) is 5.26. The first-order valence-electron chi connectivity index (χ1n) is 9.05. The minimum Gasteiger partial charge on any atom is -0.378 e. The lowest BCUT2D eigenvalue weighted by Gasteiger charge is -2.32. The third-order valence-corrected chi connectivity index (χ3v) is 5.25. The molecule has 0 bridgehead atoms. The predicted octanol–water partition coefficient (Wildman–Crippen LogP) is 2.99. The van der Waals surface area contributed by atoms with E-state index in [0.717, 1.165) is 68.8 Å². The number of anilines is 1. The number of aromatic nitrogens is 1. The highest BCUT2D eigenvalue weighted by Gasteiger charge is 2.22. The molecule has 4 rings (SSSR count). The second-order valence-corrected chi connectivity index (χ2v) is 6.97. The number of hydrogen-bond donors (Lipinski definition) is 1. The molecule has 1 aromatic heterocycles. The van der Waals surface area contributed by atoms with E-state index in [1.54, 1.807) is 0 Å². The number of morpholine rings is 1. The van der Waals surface area contributed by atoms with E-state index in [1.807, 2.05) is 12.1 Å². The van der Waals surface area contributed by atoms with Crippen molar-refractivity contribution in [1.29, 1.82) is 0 Å². The number of halogens is 1. The highest BCUT2D eigenvalue weighted by molar-refractivity contribution is 6.31. The summed E-state index contributed by atoms with van der Waals surface area (Å²) in [6.07, 6.45) is 2.61. The highest BCUT2D eigenvalue weighted by Crippen LogP contribution is 2.34. The van der Waals surface area contributed by atoms with Gasteiger partial charge in [0, 0.05) is 43.7 Å². The first-order valence-corrected chi connectivity index (χ1v) is 9.43. The summed E-state index contributed by atoms with van der Waals surface area (Å²) in [4.78, 5) is 7.00. The lowest BCUT2D eigenvalue weighted by atomic mass is 10.1. The maximum atomic E-state index is 6.58. The van der Waals surface area contributed by atoms with Crippen molar-refractivity contribution in [2.45, 2.75) is 25.5 Å². The van der Waals surface area contributed by atoms with Crippen molar-refractivity contribution in [3.05, 3.63) is 35.0 Å². The predicted molar refractivity (Wildman–Crippen MR) is 100 cm³/mol. The smallest absolute Gasteiger partial charge is 0.136 e. The molecule has 2 saturated heterocycles. The zero-order chi connectivity index (χ0) is 17.1. The molecule has 1 atom stereocenters. The Morgan fingerprint density at radius 1 is 1.20 bits per heavy atom. The average Bonchev–Trinajstić information content (AvgIpc) is 3.16. The Hall–Kier alpha value is -1.40. The van der Waals surface area contributed by atoms with Gasteiger partial charge in [0.15, 0.2) is 0 Å². The fourth-order valence-corrected chi connectivity index (χ4v) is 3.92. The van der Waals surface area contributed by atoms with Gasteiger partial charge >= 0.3 is 0 Å². The number of benzene rings is 1. The molecule has 0 saturated carbocycles. The molecule has 5 nitrogen and oxygen atoms in total. The first-order chi connectivity index (χ1) is 12.3. The Morgan fingerprint density at radius 2 is 2.04 bits per heavy atom. The molecule has 1 aromatic carbocycles. The standard InChI is InChI=1S/C19H24ClN3O2/c20-19-16(13-21-12-14-4-3-9-25-14)18(23-7-10-24-11-8-23)15-5-1-2-6-17(15)22-19/h1-2,5-6,14,21H,3-4,7-13H2. The fourth-order valence-electron chi connectivity index (χ4n) is 3.67. The quantitative estimate of drug-likeness (QED) is 0.829. The van der Waals surface area contributed by atoms with Crippen molar-refractivity contribution >= 4 is 28.2 Å². The van der Waals surface area contributed by atoms with Gasteiger partial charge in [0.25, 0.3) is 0 Å². The summed E-state index contributed by atoms with van der Waals surface area (Å²) in [5.41, 5.74) is 3.20. The largest absolute Gasteiger partial charge is 0.378 e. The lowest BCUT2D eigenvalue weighted by Crippen LogP contribution is -2.37. The number of para-hydroxylation sites is 1. The van der Waals surface area contributed by atoms with Crippen LogP contribution in [0, 0.1) is 0 Å². The Labute approximate surface area is 153 Å². The van der Waals surface area contributed by atoms with Crippen molar-refractivity contribution in [1.82, 2.24) is 10.3 Å². The third-order valence-electron chi connectivity index (χ3n) is 4.94. The summed E-state index contributed by atoms with van der Waals surface area (Å²) in [6.45, 7) is 5.68. The summed E-state index contributed by atoms with van der Waals surface area (Å²) in [7, 11) is 0. The van der Waals surface area contributed by atoms with Gasteiger partial charge in [0.1, 0.15) is 5.15 Å². The number of pyridine rings is 1. The molecule has 134 valence electrons. The van der Waals surface area contributed by atoms with Crippen LogP contribution >= 0.6 is 11.6 Å². The molecule has 2 aliphatic heterocycles. The number of rotatable bonds is 5. The molecule has 1 unspecified atom stereocenters. The lowest BCUT2D eigenvalue weighted by molar-refractivity contribution is 0.110. The van der Waals surface area contributed by atoms with E-state index in [0.29, 0.717) is 17.8 Å². The molecular weight excluding hydrogens is 338 g/mol. The average molecular weight is 362 g/mol. The topological polar surface area (TPSA) is 46.6 Å². The Kier molecular flexibility index (Phi) is 5.36. The zero-order valence-corrected chi connectivity index (χ0v) is 15.1. The van der Waals surface area contributed by atoms with Crippen LogP contribution in [-0.4, -0.2) is 50.5 Å². The molecule has 0 radical (unpaired) electrons. The Morgan fingerprint density at radius 3 is 2.84 bits per heavy atom. The van der Waals surface area contributed by atoms with Crippen molar-refractivity contribution in [2.24, 2.45) is 0 Å². The summed E-state index contributed by atoms with van der Waals surface area (Å²) >= 11 is 6.58. The van der Waals surface area contributed by atoms with Crippen LogP contribution in [-0.2, 0) is 16.0 Å². The van der Waals surface area contributed by atoms with Gasteiger partial charge in [-0.05, 0) is 18.9 Å². The van der Waals surface area contributed by atoms with Gasteiger partial charge in [-0.1, -0.05) is 29.8 Å². The number of nitrogens with one attached hydrogen (secondary N) is 1. The maximum absolute atomic E-state index is 6.58. The summed E-state index contributed by atoms with van der Waals surface area (Å²) in [6, 6.07) is 8.22. The zero-order valence-electron chi connectivity index (χ0n) is 14.3. The van der Waals surface area contributed by atoms with Gasteiger partial charge in [0.2, 0.25) is 0 Å². The van der Waals surface area contributed by atoms with Gasteiger partial charge in [-0.25, -0.2) is 4.98 Å². The van der Waals surface area contributed by atoms with Gasteiger partial charge < -0.3 is 19.7 Å². The van der Waals surface area contributed by atoms with E-state index in [4.69, 9.17) is 21.1 Å². The van der Waals surface area contributed by atoms with E-state index in [1.165, 1.54) is 5.69 Å². The van der Waals surface area contributed by atoms with Gasteiger partial charge in [-0.2, -0.15) is 0 Å². The van der Waals surface area contributed by atoms with Crippen molar-refractivity contribution in [3.8, 4) is 0 Å². The minimum atomic E-state index is 0.319. The molecule has 3 heterocycles. The van der Waals surface area contributed by atoms with Crippen LogP contribution in [0.25, 0.3) is 10.9 Å². The maximum Gasteiger partial charge on any atom is 0.136 e. The van der Waals surface area contributed by atoms with E-state index in [9.17, 15) is 0 Å². The normalized spacial score (nSPS) is 21.2. The molecule has 2 aliphatic rings. The van der Waals surface area contributed by atoms with Crippen molar-refractivity contribution in [2.75, 3.05) is 44.4 Å². The summed E-state index contributed by atoms with van der Waals surface area (Å²) < 4.78 is 11.2. The Bertz CT molecular complexity index is 728. The van der Waals surface area contributed by atoms with Gasteiger partial charge in [-0.15, -0.1) is 0 Å². The monoisotopic (exact) mass is 361 g/mol. The summed E-state index contributed by atoms with van der Waals surface area (Å²) in [5.74, 6) is 0. The molecule has 1 N–H and O–H groups in total. The number of fused-ring (bicyclic) bond motifs is 1. The van der Waals surface area contributed by atoms with Crippen LogP contribution < -0.4 is 10.2 Å². The van der Waals surface area contributed by atoms with Crippen molar-refractivity contribution in [3.63, 3.8) is 0 Å².